The van der Waals surface area contributed by atoms with Crippen LogP contribution in [-0.4, -0.2) is 19.0 Å². The highest BCUT2D eigenvalue weighted by molar-refractivity contribution is 7.09. The Hall–Kier alpha value is -1.65. The number of thiophene rings is 1. The van der Waals surface area contributed by atoms with Gasteiger partial charge in [0, 0.05) is 17.0 Å². The summed E-state index contributed by atoms with van der Waals surface area (Å²) in [6.07, 6.45) is 1.73. The van der Waals surface area contributed by atoms with E-state index in [2.05, 4.69) is 11.4 Å². The van der Waals surface area contributed by atoms with Crippen LogP contribution in [0.5, 0.6) is 0 Å². The third kappa shape index (κ3) is 4.19. The number of nitrogens with one attached hydrogen (secondary N) is 1. The van der Waals surface area contributed by atoms with Gasteiger partial charge in [-0.15, -0.1) is 11.3 Å². The maximum atomic E-state index is 11.9. The molecule has 0 saturated heterocycles. The molecule has 0 radical (unpaired) electrons. The highest BCUT2D eigenvalue weighted by Crippen LogP contribution is 2.08. The fourth-order valence-corrected chi connectivity index (χ4v) is 2.55. The summed E-state index contributed by atoms with van der Waals surface area (Å²) in [6, 6.07) is 11.7. The van der Waals surface area contributed by atoms with E-state index in [1.165, 1.54) is 4.88 Å². The highest BCUT2D eigenvalue weighted by atomic mass is 32.1. The largest absolute Gasteiger partial charge is 0.352 e. The average molecular weight is 274 g/mol. The minimum atomic E-state index is -0.0177. The number of nitrogens with two attached hydrogens (primary N) is 1. The molecular weight excluding hydrogens is 256 g/mol. The van der Waals surface area contributed by atoms with Gasteiger partial charge in [-0.3, -0.25) is 4.79 Å². The van der Waals surface area contributed by atoms with Gasteiger partial charge in [0.05, 0.1) is 0 Å². The fraction of sp³-hybridized carbons (Fsp3) is 0.267. The van der Waals surface area contributed by atoms with E-state index in [9.17, 15) is 4.79 Å². The van der Waals surface area contributed by atoms with E-state index in [0.29, 0.717) is 18.7 Å². The number of carbonyl (C=O) groups is 1. The Morgan fingerprint density at radius 1 is 1.16 bits per heavy atom. The Kier molecular flexibility index (Phi) is 5.12. The predicted molar refractivity (Wildman–Crippen MR) is 79.6 cm³/mol. The summed E-state index contributed by atoms with van der Waals surface area (Å²) in [4.78, 5) is 13.2. The van der Waals surface area contributed by atoms with Crippen molar-refractivity contribution in [3.8, 4) is 0 Å². The van der Waals surface area contributed by atoms with Crippen LogP contribution >= 0.6 is 11.3 Å². The first-order valence-electron chi connectivity index (χ1n) is 6.39. The molecule has 3 N–H and O–H groups in total. The second kappa shape index (κ2) is 7.07. The molecule has 2 aromatic rings. The van der Waals surface area contributed by atoms with Crippen LogP contribution < -0.4 is 11.1 Å². The maximum absolute atomic E-state index is 11.9. The van der Waals surface area contributed by atoms with Gasteiger partial charge in [0.1, 0.15) is 0 Å². The normalized spacial score (nSPS) is 10.4. The molecule has 4 heteroatoms. The molecule has 0 aliphatic carbocycles. The lowest BCUT2D eigenvalue weighted by Gasteiger charge is -2.05. The molecule has 0 bridgehead atoms. The fourth-order valence-electron chi connectivity index (χ4n) is 1.85. The smallest absolute Gasteiger partial charge is 0.251 e. The molecule has 1 heterocycles. The molecule has 0 spiro atoms. The van der Waals surface area contributed by atoms with Crippen LogP contribution in [-0.2, 0) is 12.8 Å². The average Bonchev–Trinajstić information content (AvgIpc) is 2.93. The summed E-state index contributed by atoms with van der Waals surface area (Å²) in [6.45, 7) is 1.30. The van der Waals surface area contributed by atoms with Crippen molar-refractivity contribution in [3.63, 3.8) is 0 Å². The zero-order valence-corrected chi connectivity index (χ0v) is 11.6. The summed E-state index contributed by atoms with van der Waals surface area (Å²) in [7, 11) is 0. The lowest BCUT2D eigenvalue weighted by molar-refractivity contribution is 0.0954. The first-order chi connectivity index (χ1) is 9.29. The van der Waals surface area contributed by atoms with Crippen molar-refractivity contribution in [1.82, 2.24) is 5.32 Å². The van der Waals surface area contributed by atoms with Gasteiger partial charge in [-0.2, -0.15) is 0 Å². The zero-order chi connectivity index (χ0) is 13.5. The highest BCUT2D eigenvalue weighted by Gasteiger charge is 2.04. The lowest BCUT2D eigenvalue weighted by Crippen LogP contribution is -2.25. The number of carbonyl (C=O) groups excluding carboxylic acids is 1. The Morgan fingerprint density at radius 3 is 2.58 bits per heavy atom. The van der Waals surface area contributed by atoms with Crippen LogP contribution in [0, 0.1) is 0 Å². The number of hydrogen-bond donors (Lipinski definition) is 2. The van der Waals surface area contributed by atoms with Gasteiger partial charge in [-0.05, 0) is 48.5 Å². The summed E-state index contributed by atoms with van der Waals surface area (Å²) >= 11 is 1.71. The van der Waals surface area contributed by atoms with Crippen LogP contribution in [0.1, 0.15) is 20.8 Å². The molecule has 19 heavy (non-hydrogen) atoms. The summed E-state index contributed by atoms with van der Waals surface area (Å²) in [5.41, 5.74) is 7.36. The van der Waals surface area contributed by atoms with E-state index in [0.717, 1.165) is 18.4 Å². The third-order valence-electron chi connectivity index (χ3n) is 2.89. The monoisotopic (exact) mass is 274 g/mol. The second-order valence-corrected chi connectivity index (χ2v) is 5.35. The van der Waals surface area contributed by atoms with Gasteiger partial charge in [0.15, 0.2) is 0 Å². The molecule has 0 fully saturated rings. The van der Waals surface area contributed by atoms with E-state index in [-0.39, 0.29) is 5.91 Å². The summed E-state index contributed by atoms with van der Waals surface area (Å²) in [5.74, 6) is -0.0177. The molecule has 3 nitrogen and oxygen atoms in total. The summed E-state index contributed by atoms with van der Waals surface area (Å²) < 4.78 is 0. The van der Waals surface area contributed by atoms with Crippen molar-refractivity contribution in [2.45, 2.75) is 12.8 Å². The first kappa shape index (κ1) is 13.8. The minimum Gasteiger partial charge on any atom is -0.352 e. The maximum Gasteiger partial charge on any atom is 0.251 e. The molecule has 100 valence electrons. The van der Waals surface area contributed by atoms with Crippen LogP contribution in [0.4, 0.5) is 0 Å². The van der Waals surface area contributed by atoms with E-state index in [1.54, 1.807) is 11.3 Å². The molecule has 0 aliphatic heterocycles. The van der Waals surface area contributed by atoms with Crippen molar-refractivity contribution in [2.24, 2.45) is 5.73 Å². The van der Waals surface area contributed by atoms with Crippen LogP contribution in [0.25, 0.3) is 0 Å². The Morgan fingerprint density at radius 2 is 1.95 bits per heavy atom. The second-order valence-electron chi connectivity index (χ2n) is 4.32. The van der Waals surface area contributed by atoms with Gasteiger partial charge in [0.25, 0.3) is 5.91 Å². The first-order valence-corrected chi connectivity index (χ1v) is 7.27. The molecule has 1 amide bonds. The van der Waals surface area contributed by atoms with Crippen molar-refractivity contribution in [2.75, 3.05) is 13.1 Å². The number of hydrogen-bond acceptors (Lipinski definition) is 3. The molecule has 1 aromatic heterocycles. The number of amides is 1. The van der Waals surface area contributed by atoms with Crippen LogP contribution in [0.15, 0.2) is 41.8 Å². The van der Waals surface area contributed by atoms with Gasteiger partial charge in [-0.1, -0.05) is 18.2 Å². The topological polar surface area (TPSA) is 55.1 Å². The summed E-state index contributed by atoms with van der Waals surface area (Å²) in [5, 5.41) is 4.98. The third-order valence-corrected chi connectivity index (χ3v) is 3.82. The number of rotatable bonds is 6. The van der Waals surface area contributed by atoms with E-state index in [4.69, 9.17) is 5.73 Å². The SMILES string of the molecule is NCCc1ccc(C(=O)NCCc2cccs2)cc1. The molecule has 2 rings (SSSR count). The lowest BCUT2D eigenvalue weighted by atomic mass is 10.1. The molecule has 1 aromatic carbocycles. The van der Waals surface area contributed by atoms with Crippen molar-refractivity contribution >= 4 is 17.2 Å². The Bertz CT molecular complexity index is 505. The van der Waals surface area contributed by atoms with E-state index in [1.807, 2.05) is 35.7 Å². The Balaban J connectivity index is 1.82. The van der Waals surface area contributed by atoms with Crippen LogP contribution in [0.2, 0.25) is 0 Å². The zero-order valence-electron chi connectivity index (χ0n) is 10.8. The molecular formula is C15H18N2OS. The standard InChI is InChI=1S/C15H18N2OS/c16-9-7-12-3-5-13(6-4-12)15(18)17-10-8-14-2-1-11-19-14/h1-6,11H,7-10,16H2,(H,17,18). The quantitative estimate of drug-likeness (QED) is 0.848. The van der Waals surface area contributed by atoms with Gasteiger partial charge < -0.3 is 11.1 Å². The molecule has 0 aliphatic rings. The van der Waals surface area contributed by atoms with Crippen molar-refractivity contribution < 1.29 is 4.79 Å². The number of benzene rings is 1. The van der Waals surface area contributed by atoms with E-state index < -0.39 is 0 Å². The van der Waals surface area contributed by atoms with Crippen molar-refractivity contribution in [3.05, 3.63) is 57.8 Å². The molecule has 0 atom stereocenters. The Labute approximate surface area is 117 Å². The minimum absolute atomic E-state index is 0.0177. The van der Waals surface area contributed by atoms with Crippen LogP contribution in [0.3, 0.4) is 0 Å². The van der Waals surface area contributed by atoms with Gasteiger partial charge >= 0.3 is 0 Å². The van der Waals surface area contributed by atoms with Gasteiger partial charge in [0.2, 0.25) is 0 Å². The van der Waals surface area contributed by atoms with Crippen molar-refractivity contribution in [1.29, 1.82) is 0 Å². The van der Waals surface area contributed by atoms with E-state index >= 15 is 0 Å². The predicted octanol–water partition coefficient (Wildman–Crippen LogP) is 2.22. The molecule has 0 saturated carbocycles. The molecule has 0 unspecified atom stereocenters. The van der Waals surface area contributed by atoms with Gasteiger partial charge in [-0.25, -0.2) is 0 Å².